The minimum absolute atomic E-state index is 0.598. The lowest BCUT2D eigenvalue weighted by atomic mass is 9.98. The zero-order valence-corrected chi connectivity index (χ0v) is 11.2. The van der Waals surface area contributed by atoms with Crippen LogP contribution < -0.4 is 5.32 Å². The molecule has 0 fully saturated rings. The molecule has 0 saturated carbocycles. The van der Waals surface area contributed by atoms with Crippen LogP contribution in [0, 0.1) is 0 Å². The molecule has 0 radical (unpaired) electrons. The Morgan fingerprint density at radius 1 is 1.17 bits per heavy atom. The van der Waals surface area contributed by atoms with Gasteiger partial charge in [0.15, 0.2) is 0 Å². The molecule has 7 heteroatoms. The Bertz CT molecular complexity index is 346. The Balaban J connectivity index is 4.85. The number of esters is 1. The number of ether oxygens (including phenoxy) is 2. The van der Waals surface area contributed by atoms with E-state index in [-0.39, 0.29) is 0 Å². The van der Waals surface area contributed by atoms with E-state index in [2.05, 4.69) is 10.1 Å². The van der Waals surface area contributed by atoms with Crippen molar-refractivity contribution in [2.24, 2.45) is 0 Å². The maximum atomic E-state index is 11.5. The molecule has 18 heavy (non-hydrogen) atoms. The number of carbonyl (C=O) groups is 3. The van der Waals surface area contributed by atoms with Crippen molar-refractivity contribution >= 4 is 18.0 Å². The van der Waals surface area contributed by atoms with Gasteiger partial charge in [-0.1, -0.05) is 0 Å². The number of methoxy groups -OCH3 is 1. The van der Waals surface area contributed by atoms with Crippen molar-refractivity contribution in [3.05, 3.63) is 0 Å². The molecule has 0 aromatic rings. The Labute approximate surface area is 105 Å². The molecule has 1 atom stereocenters. The number of amides is 1. The molecule has 104 valence electrons. The molecule has 0 aliphatic rings. The van der Waals surface area contributed by atoms with E-state index >= 15 is 0 Å². The second kappa shape index (κ2) is 5.70. The van der Waals surface area contributed by atoms with Crippen molar-refractivity contribution in [1.29, 1.82) is 0 Å². The summed E-state index contributed by atoms with van der Waals surface area (Å²) in [5.74, 6) is -2.09. The SMILES string of the molecule is COC(=O)[C@@](C)(CC(=O)O)NC(=O)OC(C)(C)C. The summed E-state index contributed by atoms with van der Waals surface area (Å²) in [4.78, 5) is 33.8. The van der Waals surface area contributed by atoms with Gasteiger partial charge >= 0.3 is 18.0 Å². The second-order valence-electron chi connectivity index (χ2n) is 5.02. The van der Waals surface area contributed by atoms with Crippen LogP contribution in [0.4, 0.5) is 4.79 Å². The van der Waals surface area contributed by atoms with Crippen LogP contribution in [0.25, 0.3) is 0 Å². The van der Waals surface area contributed by atoms with Gasteiger partial charge in [0.05, 0.1) is 13.5 Å². The minimum atomic E-state index is -1.66. The summed E-state index contributed by atoms with van der Waals surface area (Å²) < 4.78 is 9.43. The van der Waals surface area contributed by atoms with Gasteiger partial charge in [0, 0.05) is 0 Å². The third kappa shape index (κ3) is 5.51. The first-order valence-corrected chi connectivity index (χ1v) is 5.31. The highest BCUT2D eigenvalue weighted by Gasteiger charge is 2.39. The first-order valence-electron chi connectivity index (χ1n) is 5.31. The van der Waals surface area contributed by atoms with Crippen molar-refractivity contribution < 1.29 is 29.0 Å². The molecule has 7 nitrogen and oxygen atoms in total. The fraction of sp³-hybridized carbons (Fsp3) is 0.727. The number of alkyl carbamates (subject to hydrolysis) is 1. The van der Waals surface area contributed by atoms with Gasteiger partial charge in [-0.3, -0.25) is 4.79 Å². The number of nitrogens with one attached hydrogen (secondary N) is 1. The van der Waals surface area contributed by atoms with E-state index in [1.165, 1.54) is 6.92 Å². The van der Waals surface area contributed by atoms with E-state index in [0.29, 0.717) is 0 Å². The van der Waals surface area contributed by atoms with Crippen molar-refractivity contribution in [3.63, 3.8) is 0 Å². The lowest BCUT2D eigenvalue weighted by Crippen LogP contribution is -2.55. The molecule has 0 saturated heterocycles. The van der Waals surface area contributed by atoms with E-state index in [0.717, 1.165) is 7.11 Å². The van der Waals surface area contributed by atoms with Gasteiger partial charge in [0.2, 0.25) is 0 Å². The van der Waals surface area contributed by atoms with Gasteiger partial charge < -0.3 is 19.9 Å². The molecular formula is C11H19NO6. The number of carboxylic acids is 1. The predicted octanol–water partition coefficient (Wildman–Crippen LogP) is 0.917. The first-order chi connectivity index (χ1) is 8.00. The maximum absolute atomic E-state index is 11.5. The summed E-state index contributed by atoms with van der Waals surface area (Å²) in [6.45, 7) is 6.22. The van der Waals surface area contributed by atoms with Crippen molar-refractivity contribution in [2.45, 2.75) is 45.3 Å². The maximum Gasteiger partial charge on any atom is 0.408 e. The summed E-state index contributed by atoms with van der Waals surface area (Å²) in [6, 6.07) is 0. The molecular weight excluding hydrogens is 242 g/mol. The third-order valence-electron chi connectivity index (χ3n) is 1.92. The number of hydrogen-bond donors (Lipinski definition) is 2. The van der Waals surface area contributed by atoms with Gasteiger partial charge in [-0.15, -0.1) is 0 Å². The molecule has 0 unspecified atom stereocenters. The lowest BCUT2D eigenvalue weighted by Gasteiger charge is -2.28. The molecule has 0 spiro atoms. The normalized spacial score (nSPS) is 14.3. The molecule has 0 heterocycles. The Kier molecular flexibility index (Phi) is 5.13. The van der Waals surface area contributed by atoms with Gasteiger partial charge in [-0.2, -0.15) is 0 Å². The molecule has 0 aliphatic carbocycles. The Hall–Kier alpha value is -1.79. The summed E-state index contributed by atoms with van der Waals surface area (Å²) in [5.41, 5.74) is -2.41. The monoisotopic (exact) mass is 261 g/mol. The third-order valence-corrected chi connectivity index (χ3v) is 1.92. The van der Waals surface area contributed by atoms with E-state index < -0.39 is 35.6 Å². The number of carbonyl (C=O) groups excluding carboxylic acids is 2. The van der Waals surface area contributed by atoms with E-state index in [1.807, 2.05) is 0 Å². The highest BCUT2D eigenvalue weighted by atomic mass is 16.6. The van der Waals surface area contributed by atoms with Crippen LogP contribution in [0.3, 0.4) is 0 Å². The van der Waals surface area contributed by atoms with Crippen molar-refractivity contribution in [1.82, 2.24) is 5.32 Å². The zero-order valence-electron chi connectivity index (χ0n) is 11.2. The van der Waals surface area contributed by atoms with Crippen LogP contribution in [0.5, 0.6) is 0 Å². The highest BCUT2D eigenvalue weighted by Crippen LogP contribution is 2.14. The van der Waals surface area contributed by atoms with Crippen LogP contribution in [0.15, 0.2) is 0 Å². The van der Waals surface area contributed by atoms with Crippen LogP contribution in [-0.2, 0) is 19.1 Å². The molecule has 0 aromatic heterocycles. The molecule has 0 aliphatic heterocycles. The largest absolute Gasteiger partial charge is 0.481 e. The molecule has 0 rings (SSSR count). The number of carboxylic acid groups (broad SMARTS) is 1. The number of hydrogen-bond acceptors (Lipinski definition) is 5. The van der Waals surface area contributed by atoms with Gasteiger partial charge in [-0.25, -0.2) is 9.59 Å². The summed E-state index contributed by atoms with van der Waals surface area (Å²) in [5, 5.41) is 11.0. The minimum Gasteiger partial charge on any atom is -0.481 e. The lowest BCUT2D eigenvalue weighted by molar-refractivity contribution is -0.153. The molecule has 2 N–H and O–H groups in total. The second-order valence-corrected chi connectivity index (χ2v) is 5.02. The van der Waals surface area contributed by atoms with Crippen molar-refractivity contribution in [2.75, 3.05) is 7.11 Å². The number of aliphatic carboxylic acids is 1. The smallest absolute Gasteiger partial charge is 0.408 e. The summed E-state index contributed by atoms with van der Waals surface area (Å²) in [7, 11) is 1.11. The zero-order chi connectivity index (χ0) is 14.6. The van der Waals surface area contributed by atoms with Crippen LogP contribution in [0.2, 0.25) is 0 Å². The van der Waals surface area contributed by atoms with Crippen LogP contribution in [-0.4, -0.2) is 41.4 Å². The first kappa shape index (κ1) is 16.2. The van der Waals surface area contributed by atoms with Crippen molar-refractivity contribution in [3.8, 4) is 0 Å². The van der Waals surface area contributed by atoms with E-state index in [4.69, 9.17) is 9.84 Å². The van der Waals surface area contributed by atoms with Crippen LogP contribution >= 0.6 is 0 Å². The number of rotatable bonds is 4. The van der Waals surface area contributed by atoms with E-state index in [1.54, 1.807) is 20.8 Å². The molecule has 1 amide bonds. The van der Waals surface area contributed by atoms with Gasteiger partial charge in [0.25, 0.3) is 0 Å². The van der Waals surface area contributed by atoms with Gasteiger partial charge in [0.1, 0.15) is 11.1 Å². The summed E-state index contributed by atoms with van der Waals surface area (Å²) in [6.07, 6.45) is -1.48. The fourth-order valence-corrected chi connectivity index (χ4v) is 1.22. The quantitative estimate of drug-likeness (QED) is 0.729. The Morgan fingerprint density at radius 3 is 2.00 bits per heavy atom. The van der Waals surface area contributed by atoms with Crippen LogP contribution in [0.1, 0.15) is 34.1 Å². The molecule has 0 aromatic carbocycles. The highest BCUT2D eigenvalue weighted by molar-refractivity contribution is 5.89. The average Bonchev–Trinajstić information content (AvgIpc) is 2.11. The predicted molar refractivity (Wildman–Crippen MR) is 62.0 cm³/mol. The van der Waals surface area contributed by atoms with Gasteiger partial charge in [-0.05, 0) is 27.7 Å². The average molecular weight is 261 g/mol. The standard InChI is InChI=1S/C11H19NO6/c1-10(2,3)18-9(16)12-11(4,6-7(13)14)8(15)17-5/h6H2,1-5H3,(H,12,16)(H,13,14)/t11-/m1/s1. The Morgan fingerprint density at radius 2 is 1.67 bits per heavy atom. The topological polar surface area (TPSA) is 102 Å². The summed E-state index contributed by atoms with van der Waals surface area (Å²) >= 11 is 0. The molecule has 0 bridgehead atoms. The van der Waals surface area contributed by atoms with E-state index in [9.17, 15) is 14.4 Å². The fourth-order valence-electron chi connectivity index (χ4n) is 1.22.